The molecular weight excluding hydrogens is 421 g/mol. The summed E-state index contributed by atoms with van der Waals surface area (Å²) in [6.07, 6.45) is 5.39. The Kier molecular flexibility index (Phi) is 5.60. The first-order valence-corrected chi connectivity index (χ1v) is 9.19. The third-order valence-electron chi connectivity index (χ3n) is 4.77. The molecule has 4 aromatic rings. The van der Waals surface area contributed by atoms with Crippen LogP contribution in [0.4, 0.5) is 5.82 Å². The number of hydrogen-bond donors (Lipinski definition) is 0. The van der Waals surface area contributed by atoms with Crippen LogP contribution >= 0.6 is 36.2 Å². The molecule has 1 saturated heterocycles. The van der Waals surface area contributed by atoms with Crippen LogP contribution in [0.15, 0.2) is 18.7 Å². The first-order valence-electron chi connectivity index (χ1n) is 8.37. The van der Waals surface area contributed by atoms with Crippen LogP contribution in [0.5, 0.6) is 5.75 Å². The second-order valence-corrected chi connectivity index (χ2v) is 7.56. The molecule has 5 heterocycles. The number of halogens is 2. The number of aromatic nitrogens is 6. The lowest BCUT2D eigenvalue weighted by molar-refractivity contribution is 0.167. The van der Waals surface area contributed by atoms with Crippen LogP contribution in [-0.4, -0.2) is 49.1 Å². The number of hydrogen-bond acceptors (Lipinski definition) is 8. The van der Waals surface area contributed by atoms with E-state index < -0.39 is 0 Å². The van der Waals surface area contributed by atoms with E-state index in [0.717, 1.165) is 56.3 Å². The SMILES string of the molecule is Cc1nnc2sc3c(N4CC(Oc5cnn(C)c5)C4)ncnc3c2c1C.Cl.Cl. The van der Waals surface area contributed by atoms with Gasteiger partial charge in [0.05, 0.1) is 41.4 Å². The summed E-state index contributed by atoms with van der Waals surface area (Å²) in [6, 6.07) is 0. The average Bonchev–Trinajstić information content (AvgIpc) is 3.17. The first kappa shape index (κ1) is 20.5. The van der Waals surface area contributed by atoms with Crippen molar-refractivity contribution in [2.24, 2.45) is 7.05 Å². The molecular formula is C17H19Cl2N7OS. The number of anilines is 1. The van der Waals surface area contributed by atoms with Crippen LogP contribution in [0.2, 0.25) is 0 Å². The van der Waals surface area contributed by atoms with E-state index in [2.05, 4.69) is 37.1 Å². The molecule has 0 bridgehead atoms. The van der Waals surface area contributed by atoms with Gasteiger partial charge in [-0.05, 0) is 19.4 Å². The second-order valence-electron chi connectivity index (χ2n) is 6.56. The minimum atomic E-state index is 0. The normalized spacial score (nSPS) is 13.9. The number of rotatable bonds is 3. The highest BCUT2D eigenvalue weighted by Crippen LogP contribution is 2.39. The van der Waals surface area contributed by atoms with E-state index >= 15 is 0 Å². The maximum Gasteiger partial charge on any atom is 0.157 e. The molecule has 0 atom stereocenters. The maximum atomic E-state index is 5.94. The van der Waals surface area contributed by atoms with E-state index in [9.17, 15) is 0 Å². The van der Waals surface area contributed by atoms with Crippen molar-refractivity contribution < 1.29 is 4.74 Å². The molecule has 0 unspecified atom stereocenters. The summed E-state index contributed by atoms with van der Waals surface area (Å²) in [6.45, 7) is 5.63. The fraction of sp³-hybridized carbons (Fsp3) is 0.353. The van der Waals surface area contributed by atoms with Gasteiger partial charge in [-0.3, -0.25) is 4.68 Å². The molecule has 8 nitrogen and oxygen atoms in total. The first-order chi connectivity index (χ1) is 12.6. The molecule has 11 heteroatoms. The molecule has 0 N–H and O–H groups in total. The van der Waals surface area contributed by atoms with Crippen LogP contribution in [0.25, 0.3) is 20.4 Å². The van der Waals surface area contributed by atoms with Crippen LogP contribution in [0.3, 0.4) is 0 Å². The topological polar surface area (TPSA) is 81.9 Å². The summed E-state index contributed by atoms with van der Waals surface area (Å²) in [5, 5.41) is 13.8. The smallest absolute Gasteiger partial charge is 0.157 e. The van der Waals surface area contributed by atoms with E-state index in [1.165, 1.54) is 0 Å². The van der Waals surface area contributed by atoms with Gasteiger partial charge in [-0.25, -0.2) is 9.97 Å². The lowest BCUT2D eigenvalue weighted by Crippen LogP contribution is -2.54. The number of aryl methyl sites for hydroxylation is 3. The second kappa shape index (κ2) is 7.65. The Bertz CT molecular complexity index is 1140. The van der Waals surface area contributed by atoms with Gasteiger partial charge in [0.25, 0.3) is 0 Å². The molecule has 0 aliphatic carbocycles. The van der Waals surface area contributed by atoms with Crippen LogP contribution < -0.4 is 9.64 Å². The molecule has 1 fully saturated rings. The summed E-state index contributed by atoms with van der Waals surface area (Å²) in [4.78, 5) is 12.2. The van der Waals surface area contributed by atoms with Gasteiger partial charge in [-0.15, -0.1) is 41.2 Å². The fourth-order valence-electron chi connectivity index (χ4n) is 3.23. The van der Waals surface area contributed by atoms with Crippen molar-refractivity contribution in [2.45, 2.75) is 20.0 Å². The molecule has 148 valence electrons. The van der Waals surface area contributed by atoms with Crippen LogP contribution in [0.1, 0.15) is 11.3 Å². The van der Waals surface area contributed by atoms with E-state index in [4.69, 9.17) is 4.74 Å². The summed E-state index contributed by atoms with van der Waals surface area (Å²) < 4.78 is 8.74. The maximum absolute atomic E-state index is 5.94. The molecule has 0 saturated carbocycles. The zero-order valence-electron chi connectivity index (χ0n) is 15.5. The summed E-state index contributed by atoms with van der Waals surface area (Å²) >= 11 is 1.60. The molecule has 0 amide bonds. The van der Waals surface area contributed by atoms with Crippen LogP contribution in [-0.2, 0) is 7.05 Å². The van der Waals surface area contributed by atoms with Crippen molar-refractivity contribution >= 4 is 62.4 Å². The number of thiophene rings is 1. The van der Waals surface area contributed by atoms with Crippen molar-refractivity contribution in [1.82, 2.24) is 29.9 Å². The minimum Gasteiger partial charge on any atom is -0.483 e. The molecule has 28 heavy (non-hydrogen) atoms. The van der Waals surface area contributed by atoms with Gasteiger partial charge in [0.1, 0.15) is 23.1 Å². The molecule has 5 rings (SSSR count). The third kappa shape index (κ3) is 3.23. The van der Waals surface area contributed by atoms with Gasteiger partial charge < -0.3 is 9.64 Å². The highest BCUT2D eigenvalue weighted by molar-refractivity contribution is 7.26. The Balaban J connectivity index is 0.00000112. The molecule has 1 aliphatic heterocycles. The fourth-order valence-corrected chi connectivity index (χ4v) is 4.38. The lowest BCUT2D eigenvalue weighted by Gasteiger charge is -2.39. The Morgan fingerprint density at radius 1 is 1.14 bits per heavy atom. The summed E-state index contributed by atoms with van der Waals surface area (Å²) in [5.41, 5.74) is 3.03. The Morgan fingerprint density at radius 3 is 2.64 bits per heavy atom. The summed E-state index contributed by atoms with van der Waals surface area (Å²) in [7, 11) is 1.88. The van der Waals surface area contributed by atoms with Gasteiger partial charge in [0.15, 0.2) is 5.75 Å². The predicted octanol–water partition coefficient (Wildman–Crippen LogP) is 3.10. The third-order valence-corrected chi connectivity index (χ3v) is 5.83. The zero-order chi connectivity index (χ0) is 17.8. The van der Waals surface area contributed by atoms with Gasteiger partial charge in [0.2, 0.25) is 0 Å². The molecule has 1 aliphatic rings. The monoisotopic (exact) mass is 439 g/mol. The average molecular weight is 440 g/mol. The van der Waals surface area contributed by atoms with Gasteiger partial charge >= 0.3 is 0 Å². The van der Waals surface area contributed by atoms with E-state index in [1.807, 2.05) is 20.2 Å². The van der Waals surface area contributed by atoms with Crippen molar-refractivity contribution in [3.05, 3.63) is 30.0 Å². The van der Waals surface area contributed by atoms with E-state index in [1.54, 1.807) is 28.5 Å². The molecule has 0 aromatic carbocycles. The number of fused-ring (bicyclic) bond motifs is 3. The molecule has 0 radical (unpaired) electrons. The Morgan fingerprint density at radius 2 is 1.93 bits per heavy atom. The number of ether oxygens (including phenoxy) is 1. The predicted molar refractivity (Wildman–Crippen MR) is 114 cm³/mol. The van der Waals surface area contributed by atoms with E-state index in [0.29, 0.717) is 0 Å². The van der Waals surface area contributed by atoms with Gasteiger partial charge in [0, 0.05) is 12.4 Å². The van der Waals surface area contributed by atoms with Crippen molar-refractivity contribution in [1.29, 1.82) is 0 Å². The van der Waals surface area contributed by atoms with Crippen molar-refractivity contribution in [3.63, 3.8) is 0 Å². The Labute approximate surface area is 177 Å². The van der Waals surface area contributed by atoms with E-state index in [-0.39, 0.29) is 30.9 Å². The largest absolute Gasteiger partial charge is 0.483 e. The number of nitrogens with zero attached hydrogens (tertiary/aromatic N) is 7. The zero-order valence-corrected chi connectivity index (χ0v) is 17.9. The van der Waals surface area contributed by atoms with Gasteiger partial charge in [-0.2, -0.15) is 10.2 Å². The van der Waals surface area contributed by atoms with Crippen LogP contribution in [0, 0.1) is 13.8 Å². The minimum absolute atomic E-state index is 0. The highest BCUT2D eigenvalue weighted by Gasteiger charge is 2.32. The quantitative estimate of drug-likeness (QED) is 0.484. The summed E-state index contributed by atoms with van der Waals surface area (Å²) in [5.74, 6) is 1.74. The standard InChI is InChI=1S/C17H17N7OS.2ClH/c1-9-10(2)21-22-17-13(9)14-15(26-17)16(19-8-18-14)24-6-12(7-24)25-11-4-20-23(3)5-11;;/h4-5,8,12H,6-7H2,1-3H3;2*1H. The van der Waals surface area contributed by atoms with Gasteiger partial charge in [-0.1, -0.05) is 0 Å². The molecule has 4 aromatic heterocycles. The van der Waals surface area contributed by atoms with Crippen molar-refractivity contribution in [2.75, 3.05) is 18.0 Å². The lowest BCUT2D eigenvalue weighted by atomic mass is 10.1. The van der Waals surface area contributed by atoms with Crippen molar-refractivity contribution in [3.8, 4) is 5.75 Å². The Hall–Kier alpha value is -2.23. The highest BCUT2D eigenvalue weighted by atomic mass is 35.5. The molecule has 0 spiro atoms.